The molecule has 4 atom stereocenters. The smallest absolute Gasteiger partial charge is 0.326 e. The Balaban J connectivity index is 3.27. The Morgan fingerprint density at radius 2 is 1.57 bits per heavy atom. The largest absolute Gasteiger partial charge is 0.480 e. The van der Waals surface area contributed by atoms with Crippen molar-refractivity contribution in [2.24, 2.45) is 11.3 Å². The number of likely N-dealkylation sites (N-methyl/N-ethyl adjacent to an activating group) is 2. The van der Waals surface area contributed by atoms with E-state index in [0.717, 1.165) is 5.56 Å². The summed E-state index contributed by atoms with van der Waals surface area (Å²) < 4.78 is 0. The van der Waals surface area contributed by atoms with Crippen LogP contribution in [0.1, 0.15) is 67.4 Å². The first-order valence-corrected chi connectivity index (χ1v) is 15.8. The lowest BCUT2D eigenvalue weighted by molar-refractivity contribution is -0.141. The highest BCUT2D eigenvalue weighted by Gasteiger charge is 2.41. The first-order valence-electron chi connectivity index (χ1n) is 14.4. The number of hydrogen-bond acceptors (Lipinski definition) is 6. The third-order valence-electron chi connectivity index (χ3n) is 7.66. The fraction of sp³-hybridized carbons (Fsp3) is 0.625. The Morgan fingerprint density at radius 3 is 2.02 bits per heavy atom. The molecule has 236 valence electrons. The summed E-state index contributed by atoms with van der Waals surface area (Å²) >= 11 is 1.51. The molecule has 0 aliphatic heterocycles. The Labute approximate surface area is 256 Å². The summed E-state index contributed by atoms with van der Waals surface area (Å²) in [6.45, 7) is 15.2. The summed E-state index contributed by atoms with van der Waals surface area (Å²) in [6.07, 6.45) is 3.88. The van der Waals surface area contributed by atoms with Crippen molar-refractivity contribution >= 4 is 35.5 Å². The number of carboxylic acid groups (broad SMARTS) is 1. The van der Waals surface area contributed by atoms with Gasteiger partial charge in [-0.25, -0.2) is 4.79 Å². The second-order valence-electron chi connectivity index (χ2n) is 12.8. The van der Waals surface area contributed by atoms with Crippen LogP contribution in [0.4, 0.5) is 0 Å². The molecule has 0 fully saturated rings. The number of carboxylic acids is 1. The van der Waals surface area contributed by atoms with Gasteiger partial charge in [0.2, 0.25) is 17.7 Å². The first kappa shape index (κ1) is 37.2. The van der Waals surface area contributed by atoms with Crippen LogP contribution in [0.3, 0.4) is 0 Å². The lowest BCUT2D eigenvalue weighted by Crippen LogP contribution is -2.61. The van der Waals surface area contributed by atoms with Gasteiger partial charge in [-0.05, 0) is 49.3 Å². The number of nitrogens with zero attached hydrogens (tertiary/aromatic N) is 1. The molecular formula is C32H52N4O5S. The molecule has 4 N–H and O–H groups in total. The predicted octanol–water partition coefficient (Wildman–Crippen LogP) is 3.83. The third kappa shape index (κ3) is 10.2. The van der Waals surface area contributed by atoms with Gasteiger partial charge in [-0.2, -0.15) is 11.8 Å². The van der Waals surface area contributed by atoms with Crippen LogP contribution in [-0.2, 0) is 24.6 Å². The molecule has 0 saturated heterocycles. The average molecular weight is 605 g/mol. The van der Waals surface area contributed by atoms with E-state index in [-0.39, 0.29) is 17.7 Å². The number of rotatable bonds is 15. The van der Waals surface area contributed by atoms with Crippen LogP contribution in [0.2, 0.25) is 0 Å². The minimum absolute atomic E-state index is 0.0631. The van der Waals surface area contributed by atoms with Crippen molar-refractivity contribution in [1.29, 1.82) is 0 Å². The van der Waals surface area contributed by atoms with Crippen molar-refractivity contribution in [3.05, 3.63) is 47.5 Å². The molecule has 3 amide bonds. The Kier molecular flexibility index (Phi) is 14.3. The quantitative estimate of drug-likeness (QED) is 0.224. The van der Waals surface area contributed by atoms with Gasteiger partial charge in [0.15, 0.2) is 0 Å². The molecule has 0 aromatic heterocycles. The zero-order chi connectivity index (χ0) is 32.4. The second kappa shape index (κ2) is 16.1. The fourth-order valence-corrected chi connectivity index (χ4v) is 5.40. The molecule has 1 aromatic rings. The lowest BCUT2D eigenvalue weighted by atomic mass is 9.76. The molecular weight excluding hydrogens is 552 g/mol. The number of benzene rings is 1. The van der Waals surface area contributed by atoms with Gasteiger partial charge >= 0.3 is 5.97 Å². The van der Waals surface area contributed by atoms with Crippen molar-refractivity contribution in [2.45, 2.75) is 91.4 Å². The van der Waals surface area contributed by atoms with Crippen molar-refractivity contribution in [3.8, 4) is 0 Å². The highest BCUT2D eigenvalue weighted by atomic mass is 32.2. The van der Waals surface area contributed by atoms with Crippen LogP contribution >= 0.6 is 11.8 Å². The standard InChI is InChI=1S/C32H52N4O5S/c1-20(2)24(19-21(3)27(37)34-23(30(40)41)17-18-42-11)36(10)29(39)26(31(4,5)6)35-28(38)25(33-9)32(7,8)22-15-13-12-14-16-22/h12-16,19-20,23-26,33H,17-18H2,1-11H3,(H,34,37)(H,35,38)(H,40,41)/t23-,24+,25+,26+/m0/s1. The highest BCUT2D eigenvalue weighted by molar-refractivity contribution is 7.98. The summed E-state index contributed by atoms with van der Waals surface area (Å²) in [5.41, 5.74) is 0.141. The van der Waals surface area contributed by atoms with Gasteiger partial charge in [0.25, 0.3) is 0 Å². The highest BCUT2D eigenvalue weighted by Crippen LogP contribution is 2.29. The second-order valence-corrected chi connectivity index (χ2v) is 13.8. The van der Waals surface area contributed by atoms with E-state index < -0.39 is 46.9 Å². The van der Waals surface area contributed by atoms with Crippen molar-refractivity contribution in [2.75, 3.05) is 26.1 Å². The predicted molar refractivity (Wildman–Crippen MR) is 171 cm³/mol. The average Bonchev–Trinajstić information content (AvgIpc) is 2.91. The van der Waals surface area contributed by atoms with Gasteiger partial charge in [-0.15, -0.1) is 0 Å². The zero-order valence-electron chi connectivity index (χ0n) is 27.2. The SMILES string of the molecule is CN[C@H](C(=O)N[C@H](C(=O)N(C)[C@H](C=C(C)C(=O)N[C@@H](CCSC)C(=O)O)C(C)C)C(C)(C)C)C(C)(C)c1ccccc1. The molecule has 10 heteroatoms. The molecule has 1 aromatic carbocycles. The van der Waals surface area contributed by atoms with E-state index >= 15 is 0 Å². The maximum atomic E-state index is 14.0. The van der Waals surface area contributed by atoms with Gasteiger partial charge in [0, 0.05) is 18.0 Å². The van der Waals surface area contributed by atoms with Crippen LogP contribution < -0.4 is 16.0 Å². The van der Waals surface area contributed by atoms with Gasteiger partial charge in [-0.3, -0.25) is 14.4 Å². The lowest BCUT2D eigenvalue weighted by Gasteiger charge is -2.40. The molecule has 0 unspecified atom stereocenters. The van der Waals surface area contributed by atoms with Gasteiger partial charge in [-0.1, -0.05) is 84.9 Å². The number of amides is 3. The summed E-state index contributed by atoms with van der Waals surface area (Å²) in [6, 6.07) is 6.85. The zero-order valence-corrected chi connectivity index (χ0v) is 28.0. The summed E-state index contributed by atoms with van der Waals surface area (Å²) in [5, 5.41) is 18.3. The monoisotopic (exact) mass is 604 g/mol. The molecule has 0 spiro atoms. The van der Waals surface area contributed by atoms with Crippen molar-refractivity contribution in [1.82, 2.24) is 20.9 Å². The molecule has 0 radical (unpaired) electrons. The van der Waals surface area contributed by atoms with Crippen molar-refractivity contribution in [3.63, 3.8) is 0 Å². The number of carbonyl (C=O) groups excluding carboxylic acids is 3. The van der Waals surface area contributed by atoms with Crippen LogP contribution in [-0.4, -0.2) is 84.0 Å². The summed E-state index contributed by atoms with van der Waals surface area (Å²) in [7, 11) is 3.40. The van der Waals surface area contributed by atoms with Crippen LogP contribution in [0, 0.1) is 11.3 Å². The molecule has 1 rings (SSSR count). The molecule has 9 nitrogen and oxygen atoms in total. The number of nitrogens with one attached hydrogen (secondary N) is 3. The first-order chi connectivity index (χ1) is 19.4. The van der Waals surface area contributed by atoms with Crippen LogP contribution in [0.15, 0.2) is 42.0 Å². The molecule has 0 bridgehead atoms. The van der Waals surface area contributed by atoms with Crippen LogP contribution in [0.5, 0.6) is 0 Å². The Morgan fingerprint density at radius 1 is 1.00 bits per heavy atom. The topological polar surface area (TPSA) is 128 Å². The van der Waals surface area contributed by atoms with Crippen LogP contribution in [0.25, 0.3) is 0 Å². The van der Waals surface area contributed by atoms with E-state index in [0.29, 0.717) is 17.7 Å². The van der Waals surface area contributed by atoms with E-state index in [2.05, 4.69) is 16.0 Å². The Hall–Kier alpha value is -2.85. The van der Waals surface area contributed by atoms with E-state index in [1.807, 2.05) is 85.1 Å². The third-order valence-corrected chi connectivity index (χ3v) is 8.30. The summed E-state index contributed by atoms with van der Waals surface area (Å²) in [5.74, 6) is -1.61. The molecule has 0 heterocycles. The fourth-order valence-electron chi connectivity index (χ4n) is 4.93. The van der Waals surface area contributed by atoms with Gasteiger partial charge < -0.3 is 26.0 Å². The van der Waals surface area contributed by atoms with E-state index in [9.17, 15) is 24.3 Å². The minimum Gasteiger partial charge on any atom is -0.480 e. The molecule has 42 heavy (non-hydrogen) atoms. The number of thioether (sulfide) groups is 1. The maximum Gasteiger partial charge on any atom is 0.326 e. The van der Waals surface area contributed by atoms with E-state index in [1.54, 1.807) is 32.0 Å². The van der Waals surface area contributed by atoms with Crippen molar-refractivity contribution < 1.29 is 24.3 Å². The molecule has 0 saturated carbocycles. The summed E-state index contributed by atoms with van der Waals surface area (Å²) in [4.78, 5) is 53.8. The Bertz CT molecular complexity index is 1100. The van der Waals surface area contributed by atoms with Gasteiger partial charge in [0.1, 0.15) is 12.1 Å². The van der Waals surface area contributed by atoms with E-state index in [1.165, 1.54) is 11.8 Å². The molecule has 0 aliphatic carbocycles. The number of hydrogen-bond donors (Lipinski definition) is 4. The number of aliphatic carboxylic acids is 1. The number of carbonyl (C=O) groups is 4. The normalized spacial score (nSPS) is 15.4. The maximum absolute atomic E-state index is 14.0. The molecule has 0 aliphatic rings. The van der Waals surface area contributed by atoms with E-state index in [4.69, 9.17) is 0 Å². The minimum atomic E-state index is -1.09. The van der Waals surface area contributed by atoms with Gasteiger partial charge in [0.05, 0.1) is 12.1 Å².